The van der Waals surface area contributed by atoms with Crippen LogP contribution >= 0.6 is 0 Å². The number of rotatable bonds is 14. The molecule has 6 heteroatoms. The lowest BCUT2D eigenvalue weighted by atomic mass is 9.77. The Morgan fingerprint density at radius 1 is 0.652 bits per heavy atom. The van der Waals surface area contributed by atoms with Gasteiger partial charge in [0.1, 0.15) is 12.6 Å². The van der Waals surface area contributed by atoms with Crippen LogP contribution in [0, 0.1) is 0 Å². The number of hydroxylamine groups is 1. The van der Waals surface area contributed by atoms with Crippen LogP contribution in [0.4, 0.5) is 0 Å². The Morgan fingerprint density at radius 2 is 1.11 bits per heavy atom. The molecule has 0 unspecified atom stereocenters. The highest BCUT2D eigenvalue weighted by molar-refractivity contribution is 6.35. The SMILES string of the molecule is O=C(OCC1c2ccccc2-c2ccccc21)C(=O)[C@H](CCCCNC(c1ccccc1)(c1ccccc1)c1ccccc1)NO. The highest BCUT2D eigenvalue weighted by Crippen LogP contribution is 2.44. The van der Waals surface area contributed by atoms with E-state index < -0.39 is 23.3 Å². The van der Waals surface area contributed by atoms with Gasteiger partial charge in [0.15, 0.2) is 0 Å². The van der Waals surface area contributed by atoms with Crippen LogP contribution in [0.5, 0.6) is 0 Å². The smallest absolute Gasteiger partial charge is 0.376 e. The Hall–Kier alpha value is -4.88. The van der Waals surface area contributed by atoms with Crippen LogP contribution in [0.25, 0.3) is 11.1 Å². The van der Waals surface area contributed by atoms with Gasteiger partial charge in [-0.1, -0.05) is 146 Å². The number of nitrogens with one attached hydrogen (secondary N) is 2. The molecule has 0 saturated heterocycles. The van der Waals surface area contributed by atoms with Gasteiger partial charge >= 0.3 is 5.97 Å². The fraction of sp³-hybridized carbons (Fsp3) is 0.200. The second kappa shape index (κ2) is 14.5. The zero-order valence-corrected chi connectivity index (χ0v) is 25.6. The fourth-order valence-electron chi connectivity index (χ4n) is 6.69. The molecule has 0 aromatic heterocycles. The Labute approximate surface area is 270 Å². The molecule has 1 atom stereocenters. The first-order valence-corrected chi connectivity index (χ1v) is 15.8. The Balaban J connectivity index is 1.08. The molecule has 6 rings (SSSR count). The molecule has 6 nitrogen and oxygen atoms in total. The van der Waals surface area contributed by atoms with E-state index >= 15 is 0 Å². The van der Waals surface area contributed by atoms with Gasteiger partial charge in [-0.3, -0.25) is 10.1 Å². The van der Waals surface area contributed by atoms with Gasteiger partial charge in [-0.05, 0) is 58.3 Å². The van der Waals surface area contributed by atoms with Crippen LogP contribution in [0.2, 0.25) is 0 Å². The number of fused-ring (bicyclic) bond motifs is 3. The topological polar surface area (TPSA) is 87.7 Å². The molecule has 232 valence electrons. The van der Waals surface area contributed by atoms with E-state index in [1.807, 2.05) is 91.0 Å². The maximum absolute atomic E-state index is 13.0. The molecule has 0 spiro atoms. The van der Waals surface area contributed by atoms with E-state index in [1.165, 1.54) is 0 Å². The summed E-state index contributed by atoms with van der Waals surface area (Å²) in [6, 6.07) is 46.2. The third kappa shape index (κ3) is 6.28. The zero-order valence-electron chi connectivity index (χ0n) is 25.6. The average Bonchev–Trinajstić information content (AvgIpc) is 3.45. The van der Waals surface area contributed by atoms with E-state index in [4.69, 9.17) is 4.74 Å². The monoisotopic (exact) mass is 610 g/mol. The third-order valence-electron chi connectivity index (χ3n) is 8.95. The molecule has 0 bridgehead atoms. The van der Waals surface area contributed by atoms with Crippen LogP contribution in [0.3, 0.4) is 0 Å². The quantitative estimate of drug-likeness (QED) is 0.0412. The molecule has 1 aliphatic rings. The van der Waals surface area contributed by atoms with E-state index in [2.05, 4.69) is 59.3 Å². The molecular formula is C40H38N2O4. The first-order valence-electron chi connectivity index (χ1n) is 15.8. The first kappa shape index (κ1) is 31.1. The molecule has 0 aliphatic heterocycles. The summed E-state index contributed by atoms with van der Waals surface area (Å²) >= 11 is 0. The van der Waals surface area contributed by atoms with Gasteiger partial charge in [-0.15, -0.1) is 0 Å². The largest absolute Gasteiger partial charge is 0.459 e. The molecule has 0 amide bonds. The minimum absolute atomic E-state index is 0.0568. The van der Waals surface area contributed by atoms with Gasteiger partial charge in [0.25, 0.3) is 5.78 Å². The van der Waals surface area contributed by atoms with E-state index in [0.717, 1.165) is 38.9 Å². The van der Waals surface area contributed by atoms with Gasteiger partial charge in [0.2, 0.25) is 0 Å². The number of ether oxygens (including phenoxy) is 1. The molecule has 0 fully saturated rings. The predicted octanol–water partition coefficient (Wildman–Crippen LogP) is 7.01. The number of hydrogen-bond acceptors (Lipinski definition) is 6. The van der Waals surface area contributed by atoms with Crippen molar-refractivity contribution in [2.45, 2.75) is 36.8 Å². The second-order valence-electron chi connectivity index (χ2n) is 11.6. The van der Waals surface area contributed by atoms with Gasteiger partial charge in [-0.2, -0.15) is 5.48 Å². The first-order chi connectivity index (χ1) is 22.6. The average molecular weight is 611 g/mol. The molecule has 5 aromatic rings. The van der Waals surface area contributed by atoms with Crippen molar-refractivity contribution in [3.05, 3.63) is 167 Å². The molecule has 0 saturated carbocycles. The lowest BCUT2D eigenvalue weighted by molar-refractivity contribution is -0.156. The summed E-state index contributed by atoms with van der Waals surface area (Å²) < 4.78 is 5.55. The van der Waals surface area contributed by atoms with Crippen LogP contribution in [-0.4, -0.2) is 36.2 Å². The van der Waals surface area contributed by atoms with Crippen LogP contribution < -0.4 is 10.8 Å². The summed E-state index contributed by atoms with van der Waals surface area (Å²) in [4.78, 5) is 25.9. The molecule has 5 aromatic carbocycles. The van der Waals surface area contributed by atoms with Crippen LogP contribution in [0.1, 0.15) is 53.0 Å². The Kier molecular flexibility index (Phi) is 9.79. The minimum Gasteiger partial charge on any atom is -0.459 e. The number of esters is 1. The maximum Gasteiger partial charge on any atom is 0.376 e. The normalized spacial score (nSPS) is 13.1. The van der Waals surface area contributed by atoms with Crippen molar-refractivity contribution in [2.24, 2.45) is 0 Å². The van der Waals surface area contributed by atoms with Gasteiger partial charge in [0, 0.05) is 5.92 Å². The van der Waals surface area contributed by atoms with Crippen molar-refractivity contribution >= 4 is 11.8 Å². The minimum atomic E-state index is -1.04. The molecule has 0 heterocycles. The van der Waals surface area contributed by atoms with Crippen LogP contribution in [-0.2, 0) is 19.9 Å². The maximum atomic E-state index is 13.0. The van der Waals surface area contributed by atoms with Gasteiger partial charge < -0.3 is 9.94 Å². The number of unbranched alkanes of at least 4 members (excludes halogenated alkanes) is 1. The number of carbonyl (C=O) groups is 2. The highest BCUT2D eigenvalue weighted by atomic mass is 16.5. The van der Waals surface area contributed by atoms with E-state index in [1.54, 1.807) is 0 Å². The van der Waals surface area contributed by atoms with E-state index in [9.17, 15) is 14.8 Å². The molecule has 1 aliphatic carbocycles. The van der Waals surface area contributed by atoms with E-state index in [-0.39, 0.29) is 18.9 Å². The summed E-state index contributed by atoms with van der Waals surface area (Å²) in [5.74, 6) is -1.86. The summed E-state index contributed by atoms with van der Waals surface area (Å²) in [7, 11) is 0. The van der Waals surface area contributed by atoms with Crippen molar-refractivity contribution in [3.8, 4) is 11.1 Å². The molecule has 3 N–H and O–H groups in total. The zero-order chi connectivity index (χ0) is 31.8. The Morgan fingerprint density at radius 3 is 1.59 bits per heavy atom. The van der Waals surface area contributed by atoms with Crippen molar-refractivity contribution in [3.63, 3.8) is 0 Å². The summed E-state index contributed by atoms with van der Waals surface area (Å²) in [5, 5.41) is 13.7. The lowest BCUT2D eigenvalue weighted by Gasteiger charge is -2.37. The van der Waals surface area contributed by atoms with Crippen molar-refractivity contribution < 1.29 is 19.5 Å². The van der Waals surface area contributed by atoms with Gasteiger partial charge in [-0.25, -0.2) is 4.79 Å². The molecular weight excluding hydrogens is 572 g/mol. The Bertz CT molecular complexity index is 1620. The summed E-state index contributed by atoms with van der Waals surface area (Å²) in [6.45, 7) is 0.692. The number of carbonyl (C=O) groups excluding carboxylic acids is 2. The third-order valence-corrected chi connectivity index (χ3v) is 8.95. The highest BCUT2D eigenvalue weighted by Gasteiger charge is 2.36. The number of benzene rings is 5. The number of ketones is 1. The number of Topliss-reactive ketones (excluding diaryl/α,β-unsaturated/α-hetero) is 1. The van der Waals surface area contributed by atoms with Crippen molar-refractivity contribution in [2.75, 3.05) is 13.2 Å². The number of hydrogen-bond donors (Lipinski definition) is 3. The standard InChI is InChI=1S/C40H38N2O4/c43-38(39(44)46-28-36-34-24-12-10-22-32(34)33-23-11-13-25-35(33)36)37(42-45)26-14-15-27-41-40(29-16-4-1-5-17-29,30-18-6-2-7-19-30)31-20-8-3-9-21-31/h1-13,16-25,36-37,41-42,45H,14-15,26-28H2/t37-/m0/s1. The second-order valence-corrected chi connectivity index (χ2v) is 11.6. The molecule has 46 heavy (non-hydrogen) atoms. The molecule has 0 radical (unpaired) electrons. The van der Waals surface area contributed by atoms with Crippen LogP contribution in [0.15, 0.2) is 140 Å². The lowest BCUT2D eigenvalue weighted by Crippen LogP contribution is -2.45. The summed E-state index contributed by atoms with van der Waals surface area (Å²) in [6.07, 6.45) is 1.60. The van der Waals surface area contributed by atoms with E-state index in [0.29, 0.717) is 19.4 Å². The fourth-order valence-corrected chi connectivity index (χ4v) is 6.69. The van der Waals surface area contributed by atoms with Crippen molar-refractivity contribution in [1.82, 2.24) is 10.8 Å². The predicted molar refractivity (Wildman–Crippen MR) is 179 cm³/mol. The summed E-state index contributed by atoms with van der Waals surface area (Å²) in [5.41, 5.74) is 9.20. The van der Waals surface area contributed by atoms with Crippen molar-refractivity contribution in [1.29, 1.82) is 0 Å². The van der Waals surface area contributed by atoms with Gasteiger partial charge in [0.05, 0.1) is 5.54 Å².